The lowest BCUT2D eigenvalue weighted by Gasteiger charge is -2.41. The number of nitrogens with one attached hydrogen (secondary N) is 1. The standard InChI is InChI=1S/C26H31FN2O5/c1-32-22-10-9-18(15-23(22)33-2)11-14-28-24(30)21-17-34-26(12-4-3-5-13-26)29(21)25(31)19-7-6-8-20(27)16-19/h6-10,15-16,21H,3-5,11-14,17H2,1-2H3,(H,28,30). The second-order valence-corrected chi connectivity index (χ2v) is 8.75. The van der Waals surface area contributed by atoms with Gasteiger partial charge in [-0.15, -0.1) is 0 Å². The fraction of sp³-hybridized carbons (Fsp3) is 0.462. The van der Waals surface area contributed by atoms with Gasteiger partial charge in [0.2, 0.25) is 5.91 Å². The van der Waals surface area contributed by atoms with Gasteiger partial charge in [0.1, 0.15) is 17.6 Å². The Morgan fingerprint density at radius 2 is 1.85 bits per heavy atom. The van der Waals surface area contributed by atoms with E-state index in [1.54, 1.807) is 25.2 Å². The van der Waals surface area contributed by atoms with Crippen LogP contribution in [-0.4, -0.2) is 55.9 Å². The van der Waals surface area contributed by atoms with Crippen LogP contribution in [0.2, 0.25) is 0 Å². The van der Waals surface area contributed by atoms with E-state index in [0.717, 1.165) is 24.8 Å². The van der Waals surface area contributed by atoms with Crippen LogP contribution in [0.1, 0.15) is 48.0 Å². The van der Waals surface area contributed by atoms with E-state index in [9.17, 15) is 14.0 Å². The number of ether oxygens (including phenoxy) is 3. The monoisotopic (exact) mass is 470 g/mol. The van der Waals surface area contributed by atoms with Gasteiger partial charge < -0.3 is 19.5 Å². The van der Waals surface area contributed by atoms with Crippen LogP contribution in [0.25, 0.3) is 0 Å². The number of nitrogens with zero attached hydrogens (tertiary/aromatic N) is 1. The average Bonchev–Trinajstić information content (AvgIpc) is 3.21. The molecule has 0 aromatic heterocycles. The molecule has 1 N–H and O–H groups in total. The lowest BCUT2D eigenvalue weighted by Crippen LogP contribution is -2.56. The quantitative estimate of drug-likeness (QED) is 0.668. The minimum atomic E-state index is -0.812. The van der Waals surface area contributed by atoms with E-state index >= 15 is 0 Å². The minimum absolute atomic E-state index is 0.128. The number of amides is 2. The van der Waals surface area contributed by atoms with Gasteiger partial charge in [-0.05, 0) is 68.0 Å². The molecule has 34 heavy (non-hydrogen) atoms. The van der Waals surface area contributed by atoms with Crippen molar-refractivity contribution in [3.8, 4) is 11.5 Å². The van der Waals surface area contributed by atoms with E-state index in [0.29, 0.717) is 37.3 Å². The summed E-state index contributed by atoms with van der Waals surface area (Å²) in [6, 6.07) is 10.4. The molecule has 2 fully saturated rings. The summed E-state index contributed by atoms with van der Waals surface area (Å²) < 4.78 is 30.6. The van der Waals surface area contributed by atoms with Gasteiger partial charge in [0.05, 0.1) is 20.8 Å². The van der Waals surface area contributed by atoms with E-state index in [4.69, 9.17) is 14.2 Å². The van der Waals surface area contributed by atoms with E-state index in [-0.39, 0.29) is 24.0 Å². The first-order chi connectivity index (χ1) is 16.5. The molecule has 1 saturated carbocycles. The highest BCUT2D eigenvalue weighted by Gasteiger charge is 2.52. The first kappa shape index (κ1) is 24.0. The summed E-state index contributed by atoms with van der Waals surface area (Å²) in [5.41, 5.74) is 0.392. The second kappa shape index (κ2) is 10.4. The summed E-state index contributed by atoms with van der Waals surface area (Å²) in [6.45, 7) is 0.517. The Morgan fingerprint density at radius 1 is 1.09 bits per heavy atom. The average molecular weight is 471 g/mol. The summed E-state index contributed by atoms with van der Waals surface area (Å²) in [7, 11) is 3.16. The zero-order valence-corrected chi connectivity index (χ0v) is 19.6. The number of rotatable bonds is 7. The molecule has 1 spiro atoms. The van der Waals surface area contributed by atoms with Crippen LogP contribution in [0.4, 0.5) is 4.39 Å². The number of carbonyl (C=O) groups excluding carboxylic acids is 2. The zero-order chi connectivity index (χ0) is 24.1. The number of hydrogen-bond acceptors (Lipinski definition) is 5. The molecule has 1 heterocycles. The lowest BCUT2D eigenvalue weighted by atomic mass is 9.89. The van der Waals surface area contributed by atoms with E-state index in [1.165, 1.54) is 18.2 Å². The van der Waals surface area contributed by atoms with Gasteiger partial charge in [-0.2, -0.15) is 0 Å². The van der Waals surface area contributed by atoms with Gasteiger partial charge in [0.15, 0.2) is 11.5 Å². The van der Waals surface area contributed by atoms with Crippen LogP contribution in [0, 0.1) is 5.82 Å². The Hall–Kier alpha value is -3.13. The maximum atomic E-state index is 13.8. The molecular formula is C26H31FN2O5. The molecule has 1 aliphatic heterocycles. The predicted molar refractivity (Wildman–Crippen MR) is 124 cm³/mol. The molecule has 2 aromatic carbocycles. The van der Waals surface area contributed by atoms with Crippen LogP contribution in [0.5, 0.6) is 11.5 Å². The summed E-state index contributed by atoms with van der Waals surface area (Å²) >= 11 is 0. The van der Waals surface area contributed by atoms with Crippen molar-refractivity contribution in [1.29, 1.82) is 0 Å². The molecule has 182 valence electrons. The van der Waals surface area contributed by atoms with E-state index in [2.05, 4.69) is 5.32 Å². The maximum Gasteiger partial charge on any atom is 0.256 e. The molecule has 1 saturated heterocycles. The van der Waals surface area contributed by atoms with Crippen molar-refractivity contribution in [1.82, 2.24) is 10.2 Å². The van der Waals surface area contributed by atoms with Gasteiger partial charge >= 0.3 is 0 Å². The fourth-order valence-corrected chi connectivity index (χ4v) is 4.92. The Morgan fingerprint density at radius 3 is 2.56 bits per heavy atom. The van der Waals surface area contributed by atoms with Crippen molar-refractivity contribution in [3.63, 3.8) is 0 Å². The van der Waals surface area contributed by atoms with Crippen LogP contribution in [0.15, 0.2) is 42.5 Å². The second-order valence-electron chi connectivity index (χ2n) is 8.75. The zero-order valence-electron chi connectivity index (χ0n) is 19.6. The SMILES string of the molecule is COc1ccc(CCNC(=O)C2COC3(CCCCC3)N2C(=O)c2cccc(F)c2)cc1OC. The molecule has 2 amide bonds. The third-order valence-corrected chi connectivity index (χ3v) is 6.65. The summed E-state index contributed by atoms with van der Waals surface area (Å²) in [6.07, 6.45) is 4.83. The van der Waals surface area contributed by atoms with Crippen molar-refractivity contribution < 1.29 is 28.2 Å². The Balaban J connectivity index is 1.47. The molecule has 1 aliphatic carbocycles. The number of benzene rings is 2. The maximum absolute atomic E-state index is 13.8. The van der Waals surface area contributed by atoms with Crippen molar-refractivity contribution in [2.75, 3.05) is 27.4 Å². The fourth-order valence-electron chi connectivity index (χ4n) is 4.92. The Bertz CT molecular complexity index is 1040. The van der Waals surface area contributed by atoms with Crippen LogP contribution < -0.4 is 14.8 Å². The molecule has 0 radical (unpaired) electrons. The number of methoxy groups -OCH3 is 2. The highest BCUT2D eigenvalue weighted by atomic mass is 19.1. The topological polar surface area (TPSA) is 77.1 Å². The van der Waals surface area contributed by atoms with Crippen molar-refractivity contribution in [2.45, 2.75) is 50.3 Å². The molecule has 1 unspecified atom stereocenters. The van der Waals surface area contributed by atoms with Gasteiger partial charge in [-0.1, -0.05) is 18.6 Å². The first-order valence-electron chi connectivity index (χ1n) is 11.7. The van der Waals surface area contributed by atoms with Crippen molar-refractivity contribution in [2.24, 2.45) is 0 Å². The van der Waals surface area contributed by atoms with Crippen LogP contribution in [-0.2, 0) is 16.0 Å². The molecule has 1 atom stereocenters. The minimum Gasteiger partial charge on any atom is -0.493 e. The number of halogens is 1. The van der Waals surface area contributed by atoms with Gasteiger partial charge in [0.25, 0.3) is 5.91 Å². The molecule has 2 aliphatic rings. The van der Waals surface area contributed by atoms with Crippen molar-refractivity contribution in [3.05, 3.63) is 59.4 Å². The largest absolute Gasteiger partial charge is 0.493 e. The van der Waals surface area contributed by atoms with E-state index in [1.807, 2.05) is 18.2 Å². The summed E-state index contributed by atoms with van der Waals surface area (Å²) in [5, 5.41) is 2.95. The molecular weight excluding hydrogens is 439 g/mol. The van der Waals surface area contributed by atoms with E-state index < -0.39 is 17.6 Å². The molecule has 7 nitrogen and oxygen atoms in total. The summed E-state index contributed by atoms with van der Waals surface area (Å²) in [5.74, 6) is 0.135. The lowest BCUT2D eigenvalue weighted by molar-refractivity contribution is -0.127. The van der Waals surface area contributed by atoms with Gasteiger partial charge in [-0.25, -0.2) is 4.39 Å². The van der Waals surface area contributed by atoms with Gasteiger partial charge in [-0.3, -0.25) is 14.5 Å². The molecule has 8 heteroatoms. The Kier molecular flexibility index (Phi) is 7.36. The molecule has 4 rings (SSSR count). The predicted octanol–water partition coefficient (Wildman–Crippen LogP) is 3.70. The number of hydrogen-bond donors (Lipinski definition) is 1. The van der Waals surface area contributed by atoms with Crippen LogP contribution in [0.3, 0.4) is 0 Å². The van der Waals surface area contributed by atoms with Crippen LogP contribution >= 0.6 is 0 Å². The first-order valence-corrected chi connectivity index (χ1v) is 11.7. The normalized spacial score (nSPS) is 19.1. The molecule has 2 aromatic rings. The Labute approximate surface area is 199 Å². The highest BCUT2D eigenvalue weighted by Crippen LogP contribution is 2.41. The highest BCUT2D eigenvalue weighted by molar-refractivity contribution is 5.98. The third kappa shape index (κ3) is 4.87. The van der Waals surface area contributed by atoms with Gasteiger partial charge in [0, 0.05) is 12.1 Å². The van der Waals surface area contributed by atoms with Crippen molar-refractivity contribution >= 4 is 11.8 Å². The summed E-state index contributed by atoms with van der Waals surface area (Å²) in [4.78, 5) is 28.2. The third-order valence-electron chi connectivity index (χ3n) is 6.65. The number of carbonyl (C=O) groups is 2. The smallest absolute Gasteiger partial charge is 0.256 e. The molecule has 0 bridgehead atoms.